The number of phenolic OH excluding ortho intramolecular Hbond substituents is 2. The van der Waals surface area contributed by atoms with Gasteiger partial charge in [-0.1, -0.05) is 43.1 Å². The number of nitrogens with zero attached hydrogens (tertiary/aromatic N) is 1. The molecule has 0 saturated carbocycles. The Hall–Kier alpha value is -2.27. The largest absolute Gasteiger partial charge is 0.508 e. The standard InChI is InChI=1S/C26H40N2O3/c1-5-6-7-11-21-18-23(29)22(13-12-20(4)10-8-9-19(2)3)25(30)24(21)26(31)28-16-14-27-15-17-28/h9,12,18,27,29-30H,5-8,10-11,13-17H2,1-4H3. The van der Waals surface area contributed by atoms with Gasteiger partial charge in [-0.2, -0.15) is 0 Å². The molecule has 3 N–H and O–H groups in total. The number of unbranched alkanes of at least 4 members (excludes halogenated alkanes) is 2. The van der Waals surface area contributed by atoms with Crippen LogP contribution in [-0.2, 0) is 12.8 Å². The maximum absolute atomic E-state index is 13.3. The lowest BCUT2D eigenvalue weighted by Crippen LogP contribution is -2.46. The summed E-state index contributed by atoms with van der Waals surface area (Å²) in [5.74, 6) is -0.103. The number of amides is 1. The van der Waals surface area contributed by atoms with Gasteiger partial charge >= 0.3 is 0 Å². The van der Waals surface area contributed by atoms with E-state index in [1.807, 2.05) is 6.08 Å². The second-order valence-electron chi connectivity index (χ2n) is 8.83. The summed E-state index contributed by atoms with van der Waals surface area (Å²) in [5, 5.41) is 25.0. The first-order valence-corrected chi connectivity index (χ1v) is 11.7. The number of allylic oxidation sites excluding steroid dienone is 4. The third kappa shape index (κ3) is 7.42. The van der Waals surface area contributed by atoms with Crippen molar-refractivity contribution in [3.8, 4) is 11.5 Å². The summed E-state index contributed by atoms with van der Waals surface area (Å²) in [6.07, 6.45) is 10.3. The molecule has 1 fully saturated rings. The lowest BCUT2D eigenvalue weighted by Gasteiger charge is -2.29. The minimum absolute atomic E-state index is 0.0524. The molecule has 172 valence electrons. The fourth-order valence-corrected chi connectivity index (χ4v) is 3.94. The minimum Gasteiger partial charge on any atom is -0.508 e. The Morgan fingerprint density at radius 3 is 2.48 bits per heavy atom. The SMILES string of the molecule is CCCCCc1cc(O)c(CC=C(C)CCC=C(C)C)c(O)c1C(=O)N1CCNCC1. The average molecular weight is 429 g/mol. The Balaban J connectivity index is 2.31. The fraction of sp³-hybridized carbons (Fsp3) is 0.577. The normalized spacial score (nSPS) is 14.6. The average Bonchev–Trinajstić information content (AvgIpc) is 2.73. The van der Waals surface area contributed by atoms with Gasteiger partial charge in [-0.25, -0.2) is 0 Å². The summed E-state index contributed by atoms with van der Waals surface area (Å²) in [5.41, 5.74) is 4.08. The number of rotatable bonds is 10. The van der Waals surface area contributed by atoms with Crippen LogP contribution in [0, 0.1) is 0 Å². The fourth-order valence-electron chi connectivity index (χ4n) is 3.94. The van der Waals surface area contributed by atoms with Crippen LogP contribution in [0.1, 0.15) is 81.3 Å². The van der Waals surface area contributed by atoms with Crippen molar-refractivity contribution in [2.24, 2.45) is 0 Å². The number of piperazine rings is 1. The zero-order valence-corrected chi connectivity index (χ0v) is 19.8. The number of aromatic hydroxyl groups is 2. The second-order valence-corrected chi connectivity index (χ2v) is 8.83. The molecule has 0 aromatic heterocycles. The molecule has 1 heterocycles. The molecule has 1 aromatic carbocycles. The third-order valence-electron chi connectivity index (χ3n) is 5.88. The van der Waals surface area contributed by atoms with E-state index in [4.69, 9.17) is 0 Å². The van der Waals surface area contributed by atoms with Crippen LogP contribution in [0.3, 0.4) is 0 Å². The van der Waals surface area contributed by atoms with Gasteiger partial charge in [0.05, 0.1) is 5.56 Å². The van der Waals surface area contributed by atoms with Crippen LogP contribution in [-0.4, -0.2) is 47.2 Å². The first kappa shape index (κ1) is 25.0. The first-order chi connectivity index (χ1) is 14.8. The molecule has 0 aliphatic carbocycles. The van der Waals surface area contributed by atoms with Gasteiger partial charge in [-0.15, -0.1) is 0 Å². The van der Waals surface area contributed by atoms with Crippen molar-refractivity contribution >= 4 is 5.91 Å². The van der Waals surface area contributed by atoms with E-state index in [2.05, 4.69) is 39.1 Å². The monoisotopic (exact) mass is 428 g/mol. The Bertz CT molecular complexity index is 801. The molecule has 0 radical (unpaired) electrons. The molecule has 0 unspecified atom stereocenters. The molecular formula is C26H40N2O3. The molecule has 1 aliphatic rings. The van der Waals surface area contributed by atoms with E-state index in [-0.39, 0.29) is 17.4 Å². The molecule has 1 aliphatic heterocycles. The van der Waals surface area contributed by atoms with Crippen LogP contribution in [0.4, 0.5) is 0 Å². The summed E-state index contributed by atoms with van der Waals surface area (Å²) in [6, 6.07) is 1.70. The van der Waals surface area contributed by atoms with Gasteiger partial charge in [0.1, 0.15) is 11.5 Å². The van der Waals surface area contributed by atoms with Crippen LogP contribution in [0.2, 0.25) is 0 Å². The molecule has 1 saturated heterocycles. The highest BCUT2D eigenvalue weighted by Gasteiger charge is 2.26. The van der Waals surface area contributed by atoms with E-state index in [1.54, 1.807) is 11.0 Å². The zero-order chi connectivity index (χ0) is 22.8. The van der Waals surface area contributed by atoms with Crippen molar-refractivity contribution in [1.82, 2.24) is 10.2 Å². The molecule has 5 heteroatoms. The van der Waals surface area contributed by atoms with E-state index >= 15 is 0 Å². The summed E-state index contributed by atoms with van der Waals surface area (Å²) in [4.78, 5) is 15.1. The van der Waals surface area contributed by atoms with Gasteiger partial charge in [-0.3, -0.25) is 4.79 Å². The highest BCUT2D eigenvalue weighted by molar-refractivity contribution is 5.99. The van der Waals surface area contributed by atoms with Crippen molar-refractivity contribution < 1.29 is 15.0 Å². The number of aryl methyl sites for hydroxylation is 1. The van der Waals surface area contributed by atoms with Crippen LogP contribution in [0.15, 0.2) is 29.4 Å². The van der Waals surface area contributed by atoms with Gasteiger partial charge in [0.2, 0.25) is 0 Å². The summed E-state index contributed by atoms with van der Waals surface area (Å²) < 4.78 is 0. The zero-order valence-electron chi connectivity index (χ0n) is 19.8. The highest BCUT2D eigenvalue weighted by Crippen LogP contribution is 2.36. The summed E-state index contributed by atoms with van der Waals surface area (Å²) >= 11 is 0. The molecule has 2 rings (SSSR count). The van der Waals surface area contributed by atoms with E-state index < -0.39 is 0 Å². The Kier molecular flexibility index (Phi) is 10.1. The van der Waals surface area contributed by atoms with Crippen LogP contribution < -0.4 is 5.32 Å². The van der Waals surface area contributed by atoms with E-state index in [0.29, 0.717) is 37.1 Å². The molecule has 1 amide bonds. The molecule has 0 bridgehead atoms. The molecular weight excluding hydrogens is 388 g/mol. The predicted molar refractivity (Wildman–Crippen MR) is 128 cm³/mol. The number of carbonyl (C=O) groups is 1. The van der Waals surface area contributed by atoms with Gasteiger partial charge in [0, 0.05) is 31.7 Å². The van der Waals surface area contributed by atoms with Gasteiger partial charge in [0.15, 0.2) is 0 Å². The summed E-state index contributed by atoms with van der Waals surface area (Å²) in [6.45, 7) is 11.2. The topological polar surface area (TPSA) is 72.8 Å². The quantitative estimate of drug-likeness (QED) is 0.358. The number of benzene rings is 1. The number of hydrogen-bond acceptors (Lipinski definition) is 4. The van der Waals surface area contributed by atoms with Crippen LogP contribution in [0.5, 0.6) is 11.5 Å². The Morgan fingerprint density at radius 1 is 1.13 bits per heavy atom. The highest BCUT2D eigenvalue weighted by atomic mass is 16.3. The van der Waals surface area contributed by atoms with Gasteiger partial charge in [0.25, 0.3) is 5.91 Å². The Morgan fingerprint density at radius 2 is 1.84 bits per heavy atom. The van der Waals surface area contributed by atoms with Gasteiger partial charge < -0.3 is 20.4 Å². The Labute approximate surface area is 187 Å². The third-order valence-corrected chi connectivity index (χ3v) is 5.88. The van der Waals surface area contributed by atoms with Gasteiger partial charge in [-0.05, 0) is 64.5 Å². The molecule has 5 nitrogen and oxygen atoms in total. The summed E-state index contributed by atoms with van der Waals surface area (Å²) in [7, 11) is 0. The van der Waals surface area contributed by atoms with Crippen LogP contribution in [0.25, 0.3) is 0 Å². The first-order valence-electron chi connectivity index (χ1n) is 11.7. The number of carbonyl (C=O) groups excluding carboxylic acids is 1. The van der Waals surface area contributed by atoms with E-state index in [0.717, 1.165) is 50.8 Å². The molecule has 0 atom stereocenters. The smallest absolute Gasteiger partial charge is 0.257 e. The van der Waals surface area contributed by atoms with E-state index in [1.165, 1.54) is 11.1 Å². The van der Waals surface area contributed by atoms with Crippen molar-refractivity contribution in [2.75, 3.05) is 26.2 Å². The maximum Gasteiger partial charge on any atom is 0.257 e. The number of nitrogens with one attached hydrogen (secondary N) is 1. The minimum atomic E-state index is -0.129. The van der Waals surface area contributed by atoms with Crippen molar-refractivity contribution in [3.05, 3.63) is 46.1 Å². The molecule has 31 heavy (non-hydrogen) atoms. The number of hydrogen-bond donors (Lipinski definition) is 3. The lowest BCUT2D eigenvalue weighted by atomic mass is 9.93. The van der Waals surface area contributed by atoms with Crippen LogP contribution >= 0.6 is 0 Å². The maximum atomic E-state index is 13.3. The molecule has 1 aromatic rings. The van der Waals surface area contributed by atoms with Crippen molar-refractivity contribution in [1.29, 1.82) is 0 Å². The molecule has 0 spiro atoms. The van der Waals surface area contributed by atoms with Crippen molar-refractivity contribution in [3.63, 3.8) is 0 Å². The second kappa shape index (κ2) is 12.6. The number of phenols is 2. The predicted octanol–water partition coefficient (Wildman–Crippen LogP) is 5.11. The lowest BCUT2D eigenvalue weighted by molar-refractivity contribution is 0.0731. The van der Waals surface area contributed by atoms with Crippen molar-refractivity contribution in [2.45, 2.75) is 72.6 Å². The van der Waals surface area contributed by atoms with E-state index in [9.17, 15) is 15.0 Å².